The van der Waals surface area contributed by atoms with Gasteiger partial charge in [0.2, 0.25) is 0 Å². The van der Waals surface area contributed by atoms with Crippen LogP contribution in [0.3, 0.4) is 0 Å². The Bertz CT molecular complexity index is 630. The third-order valence-corrected chi connectivity index (χ3v) is 3.07. The topological polar surface area (TPSA) is 46.5 Å². The number of aryl methyl sites for hydroxylation is 2. The van der Waals surface area contributed by atoms with Crippen molar-refractivity contribution in [1.82, 2.24) is 0 Å². The highest BCUT2D eigenvalue weighted by atomic mass is 16.5. The predicted molar refractivity (Wildman–Crippen MR) is 74.1 cm³/mol. The van der Waals surface area contributed by atoms with E-state index in [-0.39, 0.29) is 5.56 Å². The van der Waals surface area contributed by atoms with Crippen molar-refractivity contribution in [2.75, 3.05) is 0 Å². The van der Waals surface area contributed by atoms with Crippen LogP contribution >= 0.6 is 0 Å². The fraction of sp³-hybridized carbons (Fsp3) is 0.188. The molecular weight excluding hydrogens is 240 g/mol. The molecule has 0 saturated carbocycles. The normalized spacial score (nSPS) is 10.3. The summed E-state index contributed by atoms with van der Waals surface area (Å²) in [6.07, 6.45) is 0. The zero-order chi connectivity index (χ0) is 14.0. The van der Waals surface area contributed by atoms with E-state index in [1.807, 2.05) is 26.8 Å². The van der Waals surface area contributed by atoms with Crippen LogP contribution in [0.5, 0.6) is 11.5 Å². The standard InChI is InChI=1S/C16H16O3/c1-10-7-11(2)12(3)15(8-10)19-14-6-4-5-13(9-14)16(17)18/h4-9H,1-3H3,(H,17,18). The summed E-state index contributed by atoms with van der Waals surface area (Å²) in [6, 6.07) is 10.6. The quantitative estimate of drug-likeness (QED) is 0.899. The first-order valence-electron chi connectivity index (χ1n) is 6.06. The molecule has 3 heteroatoms. The molecule has 2 rings (SSSR count). The van der Waals surface area contributed by atoms with E-state index < -0.39 is 5.97 Å². The lowest BCUT2D eigenvalue weighted by Crippen LogP contribution is -1.97. The molecule has 98 valence electrons. The molecule has 0 aliphatic carbocycles. The zero-order valence-electron chi connectivity index (χ0n) is 11.2. The van der Waals surface area contributed by atoms with Gasteiger partial charge in [-0.2, -0.15) is 0 Å². The molecule has 0 aliphatic rings. The first-order chi connectivity index (χ1) is 8.97. The van der Waals surface area contributed by atoms with Crippen LogP contribution in [0.1, 0.15) is 27.0 Å². The molecule has 2 aromatic carbocycles. The van der Waals surface area contributed by atoms with Crippen molar-refractivity contribution in [3.05, 3.63) is 58.7 Å². The maximum Gasteiger partial charge on any atom is 0.335 e. The number of aromatic carboxylic acids is 1. The number of benzene rings is 2. The molecule has 0 amide bonds. The summed E-state index contributed by atoms with van der Waals surface area (Å²) in [5.41, 5.74) is 3.56. The molecule has 3 nitrogen and oxygen atoms in total. The summed E-state index contributed by atoms with van der Waals surface area (Å²) < 4.78 is 5.80. The Morgan fingerprint density at radius 3 is 2.53 bits per heavy atom. The van der Waals surface area contributed by atoms with Gasteiger partial charge in [-0.3, -0.25) is 0 Å². The van der Waals surface area contributed by atoms with E-state index in [2.05, 4.69) is 6.07 Å². The Balaban J connectivity index is 2.36. The third-order valence-electron chi connectivity index (χ3n) is 3.07. The highest BCUT2D eigenvalue weighted by Crippen LogP contribution is 2.28. The number of hydrogen-bond acceptors (Lipinski definition) is 2. The molecule has 2 aromatic rings. The highest BCUT2D eigenvalue weighted by Gasteiger charge is 2.08. The van der Waals surface area contributed by atoms with E-state index in [0.29, 0.717) is 5.75 Å². The summed E-state index contributed by atoms with van der Waals surface area (Å²) in [5, 5.41) is 8.96. The Morgan fingerprint density at radius 2 is 1.84 bits per heavy atom. The smallest absolute Gasteiger partial charge is 0.335 e. The second-order valence-electron chi connectivity index (χ2n) is 4.64. The summed E-state index contributed by atoms with van der Waals surface area (Å²) >= 11 is 0. The van der Waals surface area contributed by atoms with Gasteiger partial charge in [0.15, 0.2) is 0 Å². The first kappa shape index (κ1) is 13.1. The minimum atomic E-state index is -0.956. The molecule has 0 aromatic heterocycles. The van der Waals surface area contributed by atoms with Crippen LogP contribution < -0.4 is 4.74 Å². The lowest BCUT2D eigenvalue weighted by Gasteiger charge is -2.12. The molecule has 0 radical (unpaired) electrons. The van der Waals surface area contributed by atoms with Crippen LogP contribution in [0, 0.1) is 20.8 Å². The Hall–Kier alpha value is -2.29. The summed E-state index contributed by atoms with van der Waals surface area (Å²) in [7, 11) is 0. The van der Waals surface area contributed by atoms with E-state index in [1.165, 1.54) is 6.07 Å². The van der Waals surface area contributed by atoms with Gasteiger partial charge in [0, 0.05) is 0 Å². The lowest BCUT2D eigenvalue weighted by molar-refractivity contribution is 0.0696. The van der Waals surface area contributed by atoms with Crippen molar-refractivity contribution >= 4 is 5.97 Å². The van der Waals surface area contributed by atoms with Crippen molar-refractivity contribution in [3.63, 3.8) is 0 Å². The minimum Gasteiger partial charge on any atom is -0.478 e. The number of rotatable bonds is 3. The molecule has 0 fully saturated rings. The van der Waals surface area contributed by atoms with Gasteiger partial charge in [-0.15, -0.1) is 0 Å². The number of carboxylic acids is 1. The summed E-state index contributed by atoms with van der Waals surface area (Å²) in [6.45, 7) is 6.03. The van der Waals surface area contributed by atoms with Crippen molar-refractivity contribution in [3.8, 4) is 11.5 Å². The molecule has 0 spiro atoms. The SMILES string of the molecule is Cc1cc(C)c(C)c(Oc2cccc(C(=O)O)c2)c1. The predicted octanol–water partition coefficient (Wildman–Crippen LogP) is 4.10. The van der Waals surface area contributed by atoms with Gasteiger partial charge < -0.3 is 9.84 Å². The maximum atomic E-state index is 10.9. The monoisotopic (exact) mass is 256 g/mol. The molecule has 19 heavy (non-hydrogen) atoms. The van der Waals surface area contributed by atoms with Gasteiger partial charge in [0.25, 0.3) is 0 Å². The number of carboxylic acid groups (broad SMARTS) is 1. The average Bonchev–Trinajstić information content (AvgIpc) is 2.35. The van der Waals surface area contributed by atoms with Crippen LogP contribution in [-0.4, -0.2) is 11.1 Å². The van der Waals surface area contributed by atoms with Crippen LogP contribution in [0.15, 0.2) is 36.4 Å². The summed E-state index contributed by atoms with van der Waals surface area (Å²) in [5.74, 6) is 0.343. The number of ether oxygens (including phenoxy) is 1. The van der Waals surface area contributed by atoms with E-state index in [9.17, 15) is 4.79 Å². The highest BCUT2D eigenvalue weighted by molar-refractivity contribution is 5.88. The molecule has 0 aliphatic heterocycles. The zero-order valence-corrected chi connectivity index (χ0v) is 11.2. The first-order valence-corrected chi connectivity index (χ1v) is 6.06. The van der Waals surface area contributed by atoms with Gasteiger partial charge in [0.05, 0.1) is 5.56 Å². The van der Waals surface area contributed by atoms with E-state index >= 15 is 0 Å². The minimum absolute atomic E-state index is 0.222. The Kier molecular flexibility index (Phi) is 3.56. The van der Waals surface area contributed by atoms with Crippen molar-refractivity contribution in [1.29, 1.82) is 0 Å². The van der Waals surface area contributed by atoms with E-state index in [0.717, 1.165) is 22.4 Å². The lowest BCUT2D eigenvalue weighted by atomic mass is 10.1. The third kappa shape index (κ3) is 2.94. The van der Waals surface area contributed by atoms with Crippen LogP contribution in [0.25, 0.3) is 0 Å². The number of hydrogen-bond donors (Lipinski definition) is 1. The average molecular weight is 256 g/mol. The van der Waals surface area contributed by atoms with Gasteiger partial charge in [-0.1, -0.05) is 12.1 Å². The largest absolute Gasteiger partial charge is 0.478 e. The fourth-order valence-corrected chi connectivity index (χ4v) is 1.93. The second-order valence-corrected chi connectivity index (χ2v) is 4.64. The Morgan fingerprint density at radius 1 is 1.11 bits per heavy atom. The second kappa shape index (κ2) is 5.14. The molecular formula is C16H16O3. The van der Waals surface area contributed by atoms with Gasteiger partial charge in [0.1, 0.15) is 11.5 Å². The molecule has 1 N–H and O–H groups in total. The summed E-state index contributed by atoms with van der Waals surface area (Å²) in [4.78, 5) is 10.9. The molecule has 0 bridgehead atoms. The van der Waals surface area contributed by atoms with Crippen LogP contribution in [0.4, 0.5) is 0 Å². The van der Waals surface area contributed by atoms with Crippen molar-refractivity contribution < 1.29 is 14.6 Å². The van der Waals surface area contributed by atoms with E-state index in [4.69, 9.17) is 9.84 Å². The maximum absolute atomic E-state index is 10.9. The Labute approximate surface area is 112 Å². The number of carbonyl (C=O) groups is 1. The van der Waals surface area contributed by atoms with Gasteiger partial charge in [-0.25, -0.2) is 4.79 Å². The van der Waals surface area contributed by atoms with Crippen LogP contribution in [0.2, 0.25) is 0 Å². The van der Waals surface area contributed by atoms with Crippen LogP contribution in [-0.2, 0) is 0 Å². The fourth-order valence-electron chi connectivity index (χ4n) is 1.93. The van der Waals surface area contributed by atoms with Gasteiger partial charge >= 0.3 is 5.97 Å². The van der Waals surface area contributed by atoms with Gasteiger partial charge in [-0.05, 0) is 61.7 Å². The van der Waals surface area contributed by atoms with Crippen molar-refractivity contribution in [2.45, 2.75) is 20.8 Å². The molecule has 0 unspecified atom stereocenters. The molecule has 0 saturated heterocycles. The molecule has 0 atom stereocenters. The van der Waals surface area contributed by atoms with Crippen molar-refractivity contribution in [2.24, 2.45) is 0 Å². The molecule has 0 heterocycles. The van der Waals surface area contributed by atoms with E-state index in [1.54, 1.807) is 18.2 Å².